The molecule has 1 saturated carbocycles. The van der Waals surface area contributed by atoms with E-state index >= 15 is 0 Å². The third kappa shape index (κ3) is 4.84. The van der Waals surface area contributed by atoms with Crippen LogP contribution in [0.15, 0.2) is 24.3 Å². The third-order valence-electron chi connectivity index (χ3n) is 3.38. The van der Waals surface area contributed by atoms with Gasteiger partial charge in [0.2, 0.25) is 0 Å². The van der Waals surface area contributed by atoms with Gasteiger partial charge in [-0.1, -0.05) is 19.1 Å². The van der Waals surface area contributed by atoms with Gasteiger partial charge in [-0.2, -0.15) is 0 Å². The molecule has 0 aromatic heterocycles. The first-order valence-electron chi connectivity index (χ1n) is 7.37. The van der Waals surface area contributed by atoms with Crippen molar-refractivity contribution in [3.63, 3.8) is 0 Å². The van der Waals surface area contributed by atoms with Crippen LogP contribution in [0.25, 0.3) is 0 Å². The minimum Gasteiger partial charge on any atom is -0.494 e. The van der Waals surface area contributed by atoms with E-state index in [2.05, 4.69) is 24.4 Å². The molecular weight excluding hydrogens is 238 g/mol. The number of rotatable bonds is 9. The van der Waals surface area contributed by atoms with Crippen LogP contribution in [0.4, 0.5) is 0 Å². The van der Waals surface area contributed by atoms with Crippen molar-refractivity contribution in [2.45, 2.75) is 32.7 Å². The summed E-state index contributed by atoms with van der Waals surface area (Å²) in [5, 5.41) is 3.48. The molecule has 1 aromatic rings. The van der Waals surface area contributed by atoms with E-state index in [0.29, 0.717) is 6.61 Å². The Morgan fingerprint density at radius 3 is 2.53 bits per heavy atom. The Morgan fingerprint density at radius 1 is 1.21 bits per heavy atom. The summed E-state index contributed by atoms with van der Waals surface area (Å²) >= 11 is 0. The van der Waals surface area contributed by atoms with Crippen LogP contribution < -0.4 is 10.1 Å². The smallest absolute Gasteiger partial charge is 0.119 e. The van der Waals surface area contributed by atoms with E-state index in [4.69, 9.17) is 9.47 Å². The molecule has 2 rings (SSSR count). The Morgan fingerprint density at radius 2 is 1.95 bits per heavy atom. The molecule has 1 fully saturated rings. The van der Waals surface area contributed by atoms with E-state index in [1.807, 2.05) is 19.1 Å². The molecule has 106 valence electrons. The molecule has 1 aliphatic carbocycles. The maximum Gasteiger partial charge on any atom is 0.119 e. The summed E-state index contributed by atoms with van der Waals surface area (Å²) < 4.78 is 11.3. The lowest BCUT2D eigenvalue weighted by Crippen LogP contribution is -2.25. The van der Waals surface area contributed by atoms with Crippen LogP contribution in [0.1, 0.15) is 38.3 Å². The largest absolute Gasteiger partial charge is 0.494 e. The Kier molecular flexibility index (Phi) is 5.67. The molecule has 1 atom stereocenters. The highest BCUT2D eigenvalue weighted by atomic mass is 16.5. The van der Waals surface area contributed by atoms with Gasteiger partial charge in [0.1, 0.15) is 5.75 Å². The molecule has 0 saturated heterocycles. The highest BCUT2D eigenvalue weighted by Crippen LogP contribution is 2.29. The van der Waals surface area contributed by atoms with Crippen molar-refractivity contribution in [2.75, 3.05) is 26.4 Å². The van der Waals surface area contributed by atoms with Gasteiger partial charge in [0.15, 0.2) is 0 Å². The maximum absolute atomic E-state index is 5.81. The molecule has 0 spiro atoms. The fourth-order valence-corrected chi connectivity index (χ4v) is 2.12. The van der Waals surface area contributed by atoms with E-state index < -0.39 is 0 Å². The van der Waals surface area contributed by atoms with Crippen molar-refractivity contribution in [2.24, 2.45) is 5.92 Å². The van der Waals surface area contributed by atoms with Crippen LogP contribution in [-0.4, -0.2) is 26.4 Å². The zero-order chi connectivity index (χ0) is 13.5. The zero-order valence-corrected chi connectivity index (χ0v) is 12.0. The van der Waals surface area contributed by atoms with Crippen molar-refractivity contribution in [3.8, 4) is 5.75 Å². The predicted octanol–water partition coefficient (Wildman–Crippen LogP) is 3.16. The fraction of sp³-hybridized carbons (Fsp3) is 0.625. The van der Waals surface area contributed by atoms with Gasteiger partial charge in [-0.25, -0.2) is 0 Å². The van der Waals surface area contributed by atoms with E-state index in [1.54, 1.807) is 0 Å². The van der Waals surface area contributed by atoms with Crippen molar-refractivity contribution < 1.29 is 9.47 Å². The van der Waals surface area contributed by atoms with E-state index in [1.165, 1.54) is 18.4 Å². The summed E-state index contributed by atoms with van der Waals surface area (Å²) in [4.78, 5) is 0. The van der Waals surface area contributed by atoms with E-state index in [-0.39, 0.29) is 6.04 Å². The number of benzene rings is 1. The normalized spacial score (nSPS) is 16.3. The summed E-state index contributed by atoms with van der Waals surface area (Å²) in [6, 6.07) is 8.59. The second-order valence-electron chi connectivity index (χ2n) is 5.09. The van der Waals surface area contributed by atoms with Gasteiger partial charge in [0, 0.05) is 6.61 Å². The minimum atomic E-state index is 0.277. The van der Waals surface area contributed by atoms with Gasteiger partial charge in [-0.15, -0.1) is 0 Å². The van der Waals surface area contributed by atoms with Crippen LogP contribution in [0.2, 0.25) is 0 Å². The molecule has 1 unspecified atom stereocenters. The van der Waals surface area contributed by atoms with Crippen LogP contribution >= 0.6 is 0 Å². The number of hydrogen-bond acceptors (Lipinski definition) is 3. The lowest BCUT2D eigenvalue weighted by atomic mass is 10.1. The molecule has 3 nitrogen and oxygen atoms in total. The molecule has 19 heavy (non-hydrogen) atoms. The molecule has 1 N–H and O–H groups in total. The molecule has 3 heteroatoms. The summed E-state index contributed by atoms with van der Waals surface area (Å²) in [5.41, 5.74) is 1.26. The molecule has 1 aliphatic rings. The number of hydrogen-bond donors (Lipinski definition) is 1. The van der Waals surface area contributed by atoms with Gasteiger partial charge >= 0.3 is 0 Å². The van der Waals surface area contributed by atoms with Crippen molar-refractivity contribution in [1.82, 2.24) is 5.32 Å². The third-order valence-corrected chi connectivity index (χ3v) is 3.38. The molecular formula is C16H25NO2. The second-order valence-corrected chi connectivity index (χ2v) is 5.09. The zero-order valence-electron chi connectivity index (χ0n) is 12.0. The lowest BCUT2D eigenvalue weighted by Gasteiger charge is -2.19. The summed E-state index contributed by atoms with van der Waals surface area (Å²) in [6.45, 7) is 7.45. The SMILES string of the molecule is CCNC(COCC1CC1)c1ccc(OCC)cc1. The number of likely N-dealkylation sites (N-methyl/N-ethyl adjacent to an activating group) is 1. The second kappa shape index (κ2) is 7.51. The quantitative estimate of drug-likeness (QED) is 0.742. The van der Waals surface area contributed by atoms with Crippen LogP contribution in [0.5, 0.6) is 5.75 Å². The predicted molar refractivity (Wildman–Crippen MR) is 77.6 cm³/mol. The van der Waals surface area contributed by atoms with E-state index in [9.17, 15) is 0 Å². The van der Waals surface area contributed by atoms with Crippen molar-refractivity contribution >= 4 is 0 Å². The first kappa shape index (κ1) is 14.4. The van der Waals surface area contributed by atoms with Crippen LogP contribution in [0, 0.1) is 5.92 Å². The highest BCUT2D eigenvalue weighted by Gasteiger charge is 2.22. The van der Waals surface area contributed by atoms with Gasteiger partial charge in [-0.05, 0) is 49.9 Å². The van der Waals surface area contributed by atoms with E-state index in [0.717, 1.165) is 31.4 Å². The molecule has 1 aromatic carbocycles. The maximum atomic E-state index is 5.81. The lowest BCUT2D eigenvalue weighted by molar-refractivity contribution is 0.103. The van der Waals surface area contributed by atoms with Crippen molar-refractivity contribution in [3.05, 3.63) is 29.8 Å². The van der Waals surface area contributed by atoms with Crippen LogP contribution in [-0.2, 0) is 4.74 Å². The average molecular weight is 263 g/mol. The highest BCUT2D eigenvalue weighted by molar-refractivity contribution is 5.29. The number of ether oxygens (including phenoxy) is 2. The number of nitrogens with one attached hydrogen (secondary N) is 1. The standard InChI is InChI=1S/C16H25NO2/c1-3-17-16(12-18-11-13-5-6-13)14-7-9-15(10-8-14)19-4-2/h7-10,13,16-17H,3-6,11-12H2,1-2H3. The molecule has 0 heterocycles. The Balaban J connectivity index is 1.87. The molecule has 0 bridgehead atoms. The first-order valence-corrected chi connectivity index (χ1v) is 7.37. The molecule has 0 aliphatic heterocycles. The first-order chi connectivity index (χ1) is 9.33. The topological polar surface area (TPSA) is 30.5 Å². The minimum absolute atomic E-state index is 0.277. The fourth-order valence-electron chi connectivity index (χ4n) is 2.12. The van der Waals surface area contributed by atoms with Gasteiger partial charge in [0.05, 0.1) is 19.3 Å². The average Bonchev–Trinajstić information content (AvgIpc) is 3.23. The summed E-state index contributed by atoms with van der Waals surface area (Å²) in [5.74, 6) is 1.75. The van der Waals surface area contributed by atoms with Crippen molar-refractivity contribution in [1.29, 1.82) is 0 Å². The van der Waals surface area contributed by atoms with Gasteiger partial charge < -0.3 is 14.8 Å². The van der Waals surface area contributed by atoms with Gasteiger partial charge in [0.25, 0.3) is 0 Å². The Bertz CT molecular complexity index is 360. The summed E-state index contributed by atoms with van der Waals surface area (Å²) in [6.07, 6.45) is 2.68. The Labute approximate surface area is 116 Å². The Hall–Kier alpha value is -1.06. The summed E-state index contributed by atoms with van der Waals surface area (Å²) in [7, 11) is 0. The molecule has 0 amide bonds. The van der Waals surface area contributed by atoms with Gasteiger partial charge in [-0.3, -0.25) is 0 Å². The van der Waals surface area contributed by atoms with Crippen LogP contribution in [0.3, 0.4) is 0 Å². The molecule has 0 radical (unpaired) electrons. The monoisotopic (exact) mass is 263 g/mol.